The van der Waals surface area contributed by atoms with E-state index in [1.165, 1.54) is 5.56 Å². The van der Waals surface area contributed by atoms with E-state index in [0.717, 1.165) is 43.4 Å². The summed E-state index contributed by atoms with van der Waals surface area (Å²) in [7, 11) is -3.54. The molecule has 2 heterocycles. The summed E-state index contributed by atoms with van der Waals surface area (Å²) in [4.78, 5) is 15.3. The largest absolute Gasteiger partial charge is 0.359 e. The second kappa shape index (κ2) is 9.01. The highest BCUT2D eigenvalue weighted by Gasteiger charge is 2.27. The van der Waals surface area contributed by atoms with Gasteiger partial charge in [-0.1, -0.05) is 30.7 Å². The van der Waals surface area contributed by atoms with E-state index >= 15 is 0 Å². The molecule has 0 bridgehead atoms. The van der Waals surface area contributed by atoms with Crippen LogP contribution < -0.4 is 10.2 Å². The van der Waals surface area contributed by atoms with Crippen LogP contribution in [0.1, 0.15) is 43.7 Å². The lowest BCUT2D eigenvalue weighted by molar-refractivity contribution is -0.115. The molecule has 0 aliphatic carbocycles. The minimum absolute atomic E-state index is 0.140. The summed E-state index contributed by atoms with van der Waals surface area (Å²) in [6.07, 6.45) is 4.88. The SMILES string of the molecule is Cc1ccc(S(=O)(=O)N2CCCCC2)cc1NC(=O)CN1c2ccccc2CCC1C. The van der Waals surface area contributed by atoms with Crippen LogP contribution in [0.5, 0.6) is 0 Å². The lowest BCUT2D eigenvalue weighted by Gasteiger charge is -2.36. The zero-order chi connectivity index (χ0) is 22.0. The molecule has 31 heavy (non-hydrogen) atoms. The Morgan fingerprint density at radius 2 is 1.84 bits per heavy atom. The second-order valence-corrected chi connectivity index (χ2v) is 10.6. The molecule has 2 aliphatic heterocycles. The lowest BCUT2D eigenvalue weighted by Crippen LogP contribution is -2.42. The fourth-order valence-corrected chi connectivity index (χ4v) is 6.04. The van der Waals surface area contributed by atoms with E-state index in [0.29, 0.717) is 18.8 Å². The van der Waals surface area contributed by atoms with Gasteiger partial charge in [0.1, 0.15) is 0 Å². The van der Waals surface area contributed by atoms with Crippen molar-refractivity contribution in [3.63, 3.8) is 0 Å². The molecule has 0 saturated carbocycles. The lowest BCUT2D eigenvalue weighted by atomic mass is 9.96. The van der Waals surface area contributed by atoms with Gasteiger partial charge >= 0.3 is 0 Å². The van der Waals surface area contributed by atoms with E-state index in [4.69, 9.17) is 0 Å². The van der Waals surface area contributed by atoms with Crippen molar-refractivity contribution >= 4 is 27.3 Å². The fourth-order valence-electron chi connectivity index (χ4n) is 4.50. The van der Waals surface area contributed by atoms with Crippen molar-refractivity contribution in [3.8, 4) is 0 Å². The van der Waals surface area contributed by atoms with E-state index in [-0.39, 0.29) is 23.4 Å². The Labute approximate surface area is 185 Å². The molecule has 2 aromatic carbocycles. The molecular weight excluding hydrogens is 410 g/mol. The molecule has 1 N–H and O–H groups in total. The molecule has 0 spiro atoms. The standard InChI is InChI=1S/C24H31N3O3S/c1-18-10-13-21(31(29,30)26-14-6-3-7-15-26)16-22(18)25-24(28)17-27-19(2)11-12-20-8-4-5-9-23(20)27/h4-5,8-10,13,16,19H,3,6-7,11-12,14-15,17H2,1-2H3,(H,25,28). The number of amides is 1. The van der Waals surface area contributed by atoms with Crippen molar-refractivity contribution in [3.05, 3.63) is 53.6 Å². The van der Waals surface area contributed by atoms with E-state index < -0.39 is 10.0 Å². The van der Waals surface area contributed by atoms with Crippen LogP contribution in [-0.4, -0.2) is 44.3 Å². The van der Waals surface area contributed by atoms with Crippen LogP contribution >= 0.6 is 0 Å². The van der Waals surface area contributed by atoms with Gasteiger partial charge in [-0.2, -0.15) is 4.31 Å². The number of hydrogen-bond donors (Lipinski definition) is 1. The number of hydrogen-bond acceptors (Lipinski definition) is 4. The van der Waals surface area contributed by atoms with Gasteiger partial charge in [-0.25, -0.2) is 8.42 Å². The quantitative estimate of drug-likeness (QED) is 0.763. The number of fused-ring (bicyclic) bond motifs is 1. The summed E-state index contributed by atoms with van der Waals surface area (Å²) in [5, 5.41) is 2.96. The third-order valence-electron chi connectivity index (χ3n) is 6.41. The first kappa shape index (κ1) is 21.8. The average molecular weight is 442 g/mol. The molecule has 6 nitrogen and oxygen atoms in total. The number of benzene rings is 2. The zero-order valence-corrected chi connectivity index (χ0v) is 19.1. The van der Waals surface area contributed by atoms with Gasteiger partial charge < -0.3 is 10.2 Å². The normalized spacial score (nSPS) is 19.7. The molecule has 166 valence electrons. The summed E-state index contributed by atoms with van der Waals surface area (Å²) in [6, 6.07) is 13.5. The summed E-state index contributed by atoms with van der Waals surface area (Å²) in [6.45, 7) is 5.38. The Balaban J connectivity index is 1.52. The van der Waals surface area contributed by atoms with Crippen molar-refractivity contribution in [2.75, 3.05) is 29.9 Å². The number of nitrogens with one attached hydrogen (secondary N) is 1. The number of rotatable bonds is 5. The topological polar surface area (TPSA) is 69.7 Å². The van der Waals surface area contributed by atoms with Crippen LogP contribution in [0.3, 0.4) is 0 Å². The molecule has 4 rings (SSSR count). The molecule has 1 unspecified atom stereocenters. The average Bonchev–Trinajstić information content (AvgIpc) is 2.78. The molecule has 0 radical (unpaired) electrons. The summed E-state index contributed by atoms with van der Waals surface area (Å²) in [5.74, 6) is -0.140. The van der Waals surface area contributed by atoms with Gasteiger partial charge in [0.25, 0.3) is 0 Å². The Hall–Kier alpha value is -2.38. The maximum absolute atomic E-state index is 13.0. The summed E-state index contributed by atoms with van der Waals surface area (Å²) in [5.41, 5.74) is 3.77. The van der Waals surface area contributed by atoms with Crippen molar-refractivity contribution in [1.29, 1.82) is 0 Å². The fraction of sp³-hybridized carbons (Fsp3) is 0.458. The highest BCUT2D eigenvalue weighted by atomic mass is 32.2. The molecular formula is C24H31N3O3S. The number of carbonyl (C=O) groups excluding carboxylic acids is 1. The van der Waals surface area contributed by atoms with Gasteiger partial charge in [-0.3, -0.25) is 4.79 Å². The molecule has 1 atom stereocenters. The predicted octanol–water partition coefficient (Wildman–Crippen LogP) is 3.95. The first-order valence-corrected chi connectivity index (χ1v) is 12.6. The Morgan fingerprint density at radius 1 is 1.10 bits per heavy atom. The minimum Gasteiger partial charge on any atom is -0.359 e. The first-order chi connectivity index (χ1) is 14.9. The molecule has 2 aromatic rings. The minimum atomic E-state index is -3.54. The molecule has 1 amide bonds. The highest BCUT2D eigenvalue weighted by Crippen LogP contribution is 2.30. The number of sulfonamides is 1. The van der Waals surface area contributed by atoms with Crippen LogP contribution in [-0.2, 0) is 21.2 Å². The van der Waals surface area contributed by atoms with Gasteiger partial charge in [0.2, 0.25) is 15.9 Å². The van der Waals surface area contributed by atoms with Gasteiger partial charge in [-0.15, -0.1) is 0 Å². The predicted molar refractivity (Wildman–Crippen MR) is 124 cm³/mol. The van der Waals surface area contributed by atoms with E-state index in [1.54, 1.807) is 22.5 Å². The maximum atomic E-state index is 13.0. The second-order valence-electron chi connectivity index (χ2n) is 8.63. The van der Waals surface area contributed by atoms with Gasteiger partial charge in [0.05, 0.1) is 11.4 Å². The number of carbonyl (C=O) groups is 1. The number of piperidine rings is 1. The van der Waals surface area contributed by atoms with Crippen molar-refractivity contribution < 1.29 is 13.2 Å². The zero-order valence-electron chi connectivity index (χ0n) is 18.3. The van der Waals surface area contributed by atoms with Crippen LogP contribution in [0, 0.1) is 6.92 Å². The summed E-state index contributed by atoms with van der Waals surface area (Å²) < 4.78 is 27.6. The number of para-hydroxylation sites is 1. The van der Waals surface area contributed by atoms with Crippen LogP contribution in [0.15, 0.2) is 47.4 Å². The van der Waals surface area contributed by atoms with Crippen LogP contribution in [0.4, 0.5) is 11.4 Å². The monoisotopic (exact) mass is 441 g/mol. The van der Waals surface area contributed by atoms with Crippen molar-refractivity contribution in [2.45, 2.75) is 56.9 Å². The first-order valence-electron chi connectivity index (χ1n) is 11.1. The van der Waals surface area contributed by atoms with Crippen molar-refractivity contribution in [1.82, 2.24) is 4.31 Å². The van der Waals surface area contributed by atoms with Gasteiger partial charge in [0.15, 0.2) is 0 Å². The van der Waals surface area contributed by atoms with Gasteiger partial charge in [0, 0.05) is 30.5 Å². The third kappa shape index (κ3) is 4.62. The molecule has 0 aromatic heterocycles. The maximum Gasteiger partial charge on any atom is 0.243 e. The van der Waals surface area contributed by atoms with E-state index in [1.807, 2.05) is 19.1 Å². The smallest absolute Gasteiger partial charge is 0.243 e. The van der Waals surface area contributed by atoms with Crippen LogP contribution in [0.25, 0.3) is 0 Å². The third-order valence-corrected chi connectivity index (χ3v) is 8.31. The number of aryl methyl sites for hydroxylation is 2. The van der Waals surface area contributed by atoms with Gasteiger partial charge in [-0.05, 0) is 68.9 Å². The summed E-state index contributed by atoms with van der Waals surface area (Å²) >= 11 is 0. The molecule has 1 fully saturated rings. The van der Waals surface area contributed by atoms with Crippen molar-refractivity contribution in [2.24, 2.45) is 0 Å². The van der Waals surface area contributed by atoms with E-state index in [2.05, 4.69) is 29.3 Å². The molecule has 7 heteroatoms. The Morgan fingerprint density at radius 3 is 2.61 bits per heavy atom. The van der Waals surface area contributed by atoms with Crippen LogP contribution in [0.2, 0.25) is 0 Å². The van der Waals surface area contributed by atoms with E-state index in [9.17, 15) is 13.2 Å². The highest BCUT2D eigenvalue weighted by molar-refractivity contribution is 7.89. The number of nitrogens with zero attached hydrogens (tertiary/aromatic N) is 2. The number of anilines is 2. The molecule has 2 aliphatic rings. The Bertz CT molecular complexity index is 1060. The Kier molecular flexibility index (Phi) is 6.34. The molecule has 1 saturated heterocycles.